The summed E-state index contributed by atoms with van der Waals surface area (Å²) in [7, 11) is 0. The first-order chi connectivity index (χ1) is 19.9. The summed E-state index contributed by atoms with van der Waals surface area (Å²) in [5.74, 6) is -2.12. The third-order valence-electron chi connectivity index (χ3n) is 6.88. The van der Waals surface area contributed by atoms with Crippen molar-refractivity contribution in [3.05, 3.63) is 97.5 Å². The van der Waals surface area contributed by atoms with E-state index >= 15 is 0 Å². The van der Waals surface area contributed by atoms with E-state index in [1.165, 1.54) is 41.1 Å². The van der Waals surface area contributed by atoms with Gasteiger partial charge in [0, 0.05) is 35.8 Å². The van der Waals surface area contributed by atoms with Crippen LogP contribution in [0.2, 0.25) is 10.0 Å². The van der Waals surface area contributed by atoms with Crippen LogP contribution in [0.1, 0.15) is 41.0 Å². The van der Waals surface area contributed by atoms with Crippen molar-refractivity contribution in [2.24, 2.45) is 0 Å². The number of halogens is 5. The number of hydrogen-bond donors (Lipinski definition) is 2. The van der Waals surface area contributed by atoms with E-state index in [9.17, 15) is 32.7 Å². The number of nitrogens with zero attached hydrogens (tertiary/aromatic N) is 2. The minimum atomic E-state index is -4.56. The van der Waals surface area contributed by atoms with Crippen molar-refractivity contribution >= 4 is 46.0 Å². The number of carbonyl (C=O) groups is 2. The molecule has 4 rings (SSSR count). The normalized spacial score (nSPS) is 12.4. The van der Waals surface area contributed by atoms with Crippen molar-refractivity contribution in [2.45, 2.75) is 51.9 Å². The molecule has 1 atom stereocenters. The van der Waals surface area contributed by atoms with Crippen molar-refractivity contribution in [3.63, 3.8) is 0 Å². The molecular weight excluding hydrogens is 594 g/mol. The summed E-state index contributed by atoms with van der Waals surface area (Å²) < 4.78 is 42.3. The molecule has 0 aliphatic heterocycles. The van der Waals surface area contributed by atoms with Crippen molar-refractivity contribution < 1.29 is 27.9 Å². The van der Waals surface area contributed by atoms with Crippen LogP contribution >= 0.6 is 23.2 Å². The summed E-state index contributed by atoms with van der Waals surface area (Å²) >= 11 is 12.2. The van der Waals surface area contributed by atoms with Gasteiger partial charge in [-0.15, -0.1) is 0 Å². The molecule has 0 saturated carbocycles. The highest BCUT2D eigenvalue weighted by Gasteiger charge is 2.32. The Morgan fingerprint density at radius 3 is 2.33 bits per heavy atom. The molecule has 12 heteroatoms. The fraction of sp³-hybridized carbons (Fsp3) is 0.267. The minimum Gasteiger partial charge on any atom is -0.480 e. The highest BCUT2D eigenvalue weighted by Crippen LogP contribution is 2.34. The Kier molecular flexibility index (Phi) is 9.27. The molecule has 2 aromatic heterocycles. The van der Waals surface area contributed by atoms with E-state index in [0.29, 0.717) is 23.1 Å². The smallest absolute Gasteiger partial charge is 0.393 e. The number of aromatic nitrogens is 2. The molecular formula is C30H26Cl2F3N3O4. The predicted molar refractivity (Wildman–Crippen MR) is 155 cm³/mol. The van der Waals surface area contributed by atoms with E-state index in [2.05, 4.69) is 10.3 Å². The van der Waals surface area contributed by atoms with Gasteiger partial charge in [-0.3, -0.25) is 14.6 Å². The van der Waals surface area contributed by atoms with Gasteiger partial charge in [0.1, 0.15) is 6.04 Å². The average Bonchev–Trinajstić information content (AvgIpc) is 2.92. The van der Waals surface area contributed by atoms with Crippen LogP contribution in [0.5, 0.6) is 0 Å². The molecule has 0 aliphatic carbocycles. The van der Waals surface area contributed by atoms with Gasteiger partial charge >= 0.3 is 12.1 Å². The lowest BCUT2D eigenvalue weighted by Gasteiger charge is -2.20. The molecule has 1 unspecified atom stereocenters. The maximum atomic E-state index is 13.6. The summed E-state index contributed by atoms with van der Waals surface area (Å²) in [5.41, 5.74) is 0.432. The molecule has 4 aromatic rings. The highest BCUT2D eigenvalue weighted by atomic mass is 35.5. The topological polar surface area (TPSA) is 101 Å². The van der Waals surface area contributed by atoms with Gasteiger partial charge in [0.2, 0.25) is 0 Å². The van der Waals surface area contributed by atoms with Crippen LogP contribution in [0.3, 0.4) is 0 Å². The van der Waals surface area contributed by atoms with Crippen LogP contribution < -0.4 is 10.9 Å². The number of nitrogens with one attached hydrogen (secondary N) is 1. The molecule has 2 heterocycles. The van der Waals surface area contributed by atoms with E-state index in [1.807, 2.05) is 0 Å². The number of benzene rings is 2. The first-order valence-corrected chi connectivity index (χ1v) is 13.8. The van der Waals surface area contributed by atoms with Crippen LogP contribution in [0.15, 0.2) is 59.5 Å². The molecule has 0 aliphatic rings. The quantitative estimate of drug-likeness (QED) is 0.223. The molecule has 0 bridgehead atoms. The lowest BCUT2D eigenvalue weighted by atomic mass is 9.92. The fourth-order valence-electron chi connectivity index (χ4n) is 5.01. The molecule has 220 valence electrons. The van der Waals surface area contributed by atoms with E-state index < -0.39 is 36.1 Å². The monoisotopic (exact) mass is 619 g/mol. The Hall–Kier alpha value is -3.89. The first-order valence-electron chi connectivity index (χ1n) is 13.0. The van der Waals surface area contributed by atoms with Crippen LogP contribution in [-0.2, 0) is 30.6 Å². The molecule has 0 saturated heterocycles. The number of carboxylic acids is 1. The van der Waals surface area contributed by atoms with Crippen molar-refractivity contribution in [3.8, 4) is 11.1 Å². The maximum absolute atomic E-state index is 13.6. The number of alkyl halides is 3. The van der Waals surface area contributed by atoms with E-state index in [0.717, 1.165) is 0 Å². The minimum absolute atomic E-state index is 0.0460. The molecule has 7 nitrogen and oxygen atoms in total. The zero-order valence-corrected chi connectivity index (χ0v) is 24.1. The molecule has 1 amide bonds. The Labute approximate surface area is 248 Å². The SMILES string of the molecule is CCc1cc(CC(F)(F)F)c(-c2ccc(CC(NC(=O)c3c(Cl)cccc3Cl)C(=O)O)c3cccnc23)c(=O)n1CC. The van der Waals surface area contributed by atoms with Crippen LogP contribution in [0.25, 0.3) is 22.0 Å². The number of aryl methyl sites for hydroxylation is 1. The average molecular weight is 620 g/mol. The number of fused-ring (bicyclic) bond motifs is 1. The molecule has 0 spiro atoms. The predicted octanol–water partition coefficient (Wildman–Crippen LogP) is 6.48. The molecule has 42 heavy (non-hydrogen) atoms. The van der Waals surface area contributed by atoms with E-state index in [-0.39, 0.29) is 50.8 Å². The van der Waals surface area contributed by atoms with Gasteiger partial charge in [-0.2, -0.15) is 13.2 Å². The number of carbonyl (C=O) groups excluding carboxylic acids is 1. The van der Waals surface area contributed by atoms with Crippen LogP contribution in [0, 0.1) is 0 Å². The van der Waals surface area contributed by atoms with Gasteiger partial charge < -0.3 is 15.0 Å². The Balaban J connectivity index is 1.83. The molecule has 2 N–H and O–H groups in total. The lowest BCUT2D eigenvalue weighted by Crippen LogP contribution is -2.42. The third-order valence-corrected chi connectivity index (χ3v) is 7.51. The number of amides is 1. The number of rotatable bonds is 9. The summed E-state index contributed by atoms with van der Waals surface area (Å²) in [6.07, 6.45) is -4.26. The number of pyridine rings is 2. The Morgan fingerprint density at radius 1 is 1.05 bits per heavy atom. The molecule has 0 radical (unpaired) electrons. The summed E-state index contributed by atoms with van der Waals surface area (Å²) in [6, 6.07) is 10.7. The standard InChI is InChI=1S/C30H26Cl2F3N3O4/c1-3-18-13-17(15-30(33,34)35)24(28(40)38(18)4-2)20-11-10-16(19-7-6-12-36-26(19)20)14-23(29(41)42)37-27(39)25-21(31)8-5-9-22(25)32/h5-13,23H,3-4,14-15H2,1-2H3,(H,37,39)(H,41,42). The maximum Gasteiger partial charge on any atom is 0.393 e. The lowest BCUT2D eigenvalue weighted by molar-refractivity contribution is -0.139. The van der Waals surface area contributed by atoms with Crippen molar-refractivity contribution in [1.82, 2.24) is 14.9 Å². The van der Waals surface area contributed by atoms with Gasteiger partial charge in [0.25, 0.3) is 11.5 Å². The number of aliphatic carboxylic acids is 1. The van der Waals surface area contributed by atoms with E-state index in [1.54, 1.807) is 32.0 Å². The molecule has 2 aromatic carbocycles. The summed E-state index contributed by atoms with van der Waals surface area (Å²) in [6.45, 7) is 3.77. The van der Waals surface area contributed by atoms with Crippen molar-refractivity contribution in [2.75, 3.05) is 0 Å². The molecule has 0 fully saturated rings. The van der Waals surface area contributed by atoms with Gasteiger partial charge in [0.05, 0.1) is 33.1 Å². The van der Waals surface area contributed by atoms with E-state index in [4.69, 9.17) is 23.2 Å². The number of carboxylic acid groups (broad SMARTS) is 1. The zero-order valence-electron chi connectivity index (χ0n) is 22.6. The van der Waals surface area contributed by atoms with Crippen LogP contribution in [0.4, 0.5) is 13.2 Å². The second-order valence-electron chi connectivity index (χ2n) is 9.57. The van der Waals surface area contributed by atoms with Crippen LogP contribution in [-0.4, -0.2) is 38.8 Å². The second kappa shape index (κ2) is 12.5. The number of hydrogen-bond acceptors (Lipinski definition) is 4. The second-order valence-corrected chi connectivity index (χ2v) is 10.4. The van der Waals surface area contributed by atoms with Crippen molar-refractivity contribution in [1.29, 1.82) is 0 Å². The Morgan fingerprint density at radius 2 is 1.74 bits per heavy atom. The first kappa shape index (κ1) is 31.1. The Bertz CT molecular complexity index is 1720. The fourth-order valence-corrected chi connectivity index (χ4v) is 5.58. The van der Waals surface area contributed by atoms with Gasteiger partial charge in [-0.1, -0.05) is 54.4 Å². The van der Waals surface area contributed by atoms with Gasteiger partial charge in [0.15, 0.2) is 0 Å². The highest BCUT2D eigenvalue weighted by molar-refractivity contribution is 6.39. The van der Waals surface area contributed by atoms with Gasteiger partial charge in [-0.05, 0) is 48.7 Å². The third kappa shape index (κ3) is 6.44. The zero-order chi connectivity index (χ0) is 30.8. The summed E-state index contributed by atoms with van der Waals surface area (Å²) in [5, 5.41) is 12.9. The van der Waals surface area contributed by atoms with Gasteiger partial charge in [-0.25, -0.2) is 4.79 Å². The summed E-state index contributed by atoms with van der Waals surface area (Å²) in [4.78, 5) is 43.1. The largest absolute Gasteiger partial charge is 0.480 e.